The SMILES string of the molecule is CCOC(=O)c1c(NC(=O)c2cccc(OC)c2)sc2c1CCN(C(=O)OC)C2. The molecule has 0 atom stereocenters. The zero-order valence-electron chi connectivity index (χ0n) is 16.4. The molecule has 1 aromatic heterocycles. The second-order valence-electron chi connectivity index (χ2n) is 6.26. The summed E-state index contributed by atoms with van der Waals surface area (Å²) in [6, 6.07) is 6.74. The number of carbonyl (C=O) groups excluding carboxylic acids is 3. The third kappa shape index (κ3) is 4.34. The molecule has 1 aliphatic rings. The van der Waals surface area contributed by atoms with Crippen LogP contribution >= 0.6 is 11.3 Å². The van der Waals surface area contributed by atoms with E-state index in [1.807, 2.05) is 0 Å². The zero-order valence-corrected chi connectivity index (χ0v) is 17.3. The highest BCUT2D eigenvalue weighted by Gasteiger charge is 2.31. The lowest BCUT2D eigenvalue weighted by Gasteiger charge is -2.25. The minimum absolute atomic E-state index is 0.223. The number of anilines is 1. The number of carbonyl (C=O) groups is 3. The summed E-state index contributed by atoms with van der Waals surface area (Å²) in [5.41, 5.74) is 1.56. The number of nitrogens with zero attached hydrogens (tertiary/aromatic N) is 1. The average Bonchev–Trinajstić information content (AvgIpc) is 3.10. The molecular weight excluding hydrogens is 396 g/mol. The first-order valence-electron chi connectivity index (χ1n) is 9.08. The number of rotatable bonds is 5. The lowest BCUT2D eigenvalue weighted by molar-refractivity contribution is 0.0526. The van der Waals surface area contributed by atoms with Crippen LogP contribution in [0.2, 0.25) is 0 Å². The average molecular weight is 418 g/mol. The minimum atomic E-state index is -0.488. The van der Waals surface area contributed by atoms with Crippen molar-refractivity contribution in [1.82, 2.24) is 4.90 Å². The van der Waals surface area contributed by atoms with E-state index in [1.54, 1.807) is 36.1 Å². The summed E-state index contributed by atoms with van der Waals surface area (Å²) in [5, 5.41) is 3.23. The summed E-state index contributed by atoms with van der Waals surface area (Å²) in [4.78, 5) is 39.6. The summed E-state index contributed by atoms with van der Waals surface area (Å²) in [7, 11) is 2.85. The first-order valence-corrected chi connectivity index (χ1v) is 9.90. The smallest absolute Gasteiger partial charge is 0.409 e. The highest BCUT2D eigenvalue weighted by atomic mass is 32.1. The fourth-order valence-electron chi connectivity index (χ4n) is 3.14. The molecule has 0 saturated carbocycles. The fourth-order valence-corrected chi connectivity index (χ4v) is 4.38. The Bertz CT molecular complexity index is 939. The molecule has 8 nitrogen and oxygen atoms in total. The summed E-state index contributed by atoms with van der Waals surface area (Å²) in [6.07, 6.45) is 0.0492. The number of fused-ring (bicyclic) bond motifs is 1. The van der Waals surface area contributed by atoms with Crippen LogP contribution in [-0.4, -0.2) is 50.2 Å². The standard InChI is InChI=1S/C20H22N2O6S/c1-4-28-19(24)16-14-8-9-22(20(25)27-3)11-15(14)29-18(16)21-17(23)12-6-5-7-13(10-12)26-2/h5-7,10H,4,8-9,11H2,1-3H3,(H,21,23). The van der Waals surface area contributed by atoms with Crippen LogP contribution in [0.4, 0.5) is 9.80 Å². The molecule has 0 fully saturated rings. The Morgan fingerprint density at radius 2 is 2.03 bits per heavy atom. The zero-order chi connectivity index (χ0) is 21.0. The Morgan fingerprint density at radius 1 is 1.24 bits per heavy atom. The van der Waals surface area contributed by atoms with Crippen LogP contribution in [0.5, 0.6) is 5.75 Å². The number of hydrogen-bond donors (Lipinski definition) is 1. The molecule has 0 saturated heterocycles. The van der Waals surface area contributed by atoms with Gasteiger partial charge in [-0.05, 0) is 37.1 Å². The molecule has 0 radical (unpaired) electrons. The molecule has 0 bridgehead atoms. The Kier molecular flexibility index (Phi) is 6.38. The quantitative estimate of drug-likeness (QED) is 0.749. The second-order valence-corrected chi connectivity index (χ2v) is 7.36. The molecule has 1 N–H and O–H groups in total. The number of ether oxygens (including phenoxy) is 3. The molecule has 0 spiro atoms. The molecule has 2 aromatic rings. The van der Waals surface area contributed by atoms with Gasteiger partial charge in [-0.25, -0.2) is 9.59 Å². The molecular formula is C20H22N2O6S. The summed E-state index contributed by atoms with van der Waals surface area (Å²) in [6.45, 7) is 2.69. The fraction of sp³-hybridized carbons (Fsp3) is 0.350. The van der Waals surface area contributed by atoms with E-state index in [2.05, 4.69) is 5.32 Å². The van der Waals surface area contributed by atoms with E-state index in [0.29, 0.717) is 41.4 Å². The number of benzene rings is 1. The largest absolute Gasteiger partial charge is 0.497 e. The predicted molar refractivity (Wildman–Crippen MR) is 108 cm³/mol. The Hall–Kier alpha value is -3.07. The summed E-state index contributed by atoms with van der Waals surface area (Å²) < 4.78 is 15.2. The van der Waals surface area contributed by atoms with Gasteiger partial charge in [-0.3, -0.25) is 4.79 Å². The van der Waals surface area contributed by atoms with Crippen molar-refractivity contribution in [1.29, 1.82) is 0 Å². The van der Waals surface area contributed by atoms with E-state index in [0.717, 1.165) is 10.4 Å². The second kappa shape index (κ2) is 8.95. The van der Waals surface area contributed by atoms with Crippen molar-refractivity contribution < 1.29 is 28.6 Å². The van der Waals surface area contributed by atoms with E-state index in [9.17, 15) is 14.4 Å². The van der Waals surface area contributed by atoms with Crippen LogP contribution in [0, 0.1) is 0 Å². The molecule has 29 heavy (non-hydrogen) atoms. The summed E-state index contributed by atoms with van der Waals surface area (Å²) >= 11 is 1.27. The highest BCUT2D eigenvalue weighted by Crippen LogP contribution is 2.38. The number of thiophene rings is 1. The number of hydrogen-bond acceptors (Lipinski definition) is 7. The number of esters is 1. The van der Waals surface area contributed by atoms with E-state index in [4.69, 9.17) is 14.2 Å². The monoisotopic (exact) mass is 418 g/mol. The van der Waals surface area contributed by atoms with Gasteiger partial charge in [0.2, 0.25) is 0 Å². The van der Waals surface area contributed by atoms with Crippen molar-refractivity contribution in [3.8, 4) is 5.75 Å². The van der Waals surface area contributed by atoms with Gasteiger partial charge in [-0.2, -0.15) is 0 Å². The van der Waals surface area contributed by atoms with E-state index >= 15 is 0 Å². The van der Waals surface area contributed by atoms with Gasteiger partial charge in [-0.1, -0.05) is 6.07 Å². The van der Waals surface area contributed by atoms with E-state index in [-0.39, 0.29) is 12.5 Å². The molecule has 1 aliphatic heterocycles. The van der Waals surface area contributed by atoms with Gasteiger partial charge in [0.15, 0.2) is 0 Å². The van der Waals surface area contributed by atoms with Gasteiger partial charge >= 0.3 is 12.1 Å². The number of amides is 2. The maximum Gasteiger partial charge on any atom is 0.409 e. The van der Waals surface area contributed by atoms with Gasteiger partial charge < -0.3 is 24.4 Å². The van der Waals surface area contributed by atoms with Crippen LogP contribution in [0.15, 0.2) is 24.3 Å². The topological polar surface area (TPSA) is 94.2 Å². The third-order valence-corrected chi connectivity index (χ3v) is 5.66. The van der Waals surface area contributed by atoms with Crippen molar-refractivity contribution in [3.05, 3.63) is 45.8 Å². The van der Waals surface area contributed by atoms with Gasteiger partial charge in [0.25, 0.3) is 5.91 Å². The van der Waals surface area contributed by atoms with Crippen molar-refractivity contribution in [3.63, 3.8) is 0 Å². The highest BCUT2D eigenvalue weighted by molar-refractivity contribution is 7.17. The molecule has 0 aliphatic carbocycles. The molecule has 0 unspecified atom stereocenters. The van der Waals surface area contributed by atoms with Crippen molar-refractivity contribution in [2.45, 2.75) is 19.9 Å². The Labute approximate surface area is 172 Å². The van der Waals surface area contributed by atoms with Crippen molar-refractivity contribution in [2.75, 3.05) is 32.7 Å². The van der Waals surface area contributed by atoms with Crippen molar-refractivity contribution in [2.24, 2.45) is 0 Å². The van der Waals surface area contributed by atoms with Crippen molar-refractivity contribution >= 4 is 34.3 Å². The van der Waals surface area contributed by atoms with E-state index in [1.165, 1.54) is 25.6 Å². The predicted octanol–water partition coefficient (Wildman–Crippen LogP) is 3.31. The lowest BCUT2D eigenvalue weighted by atomic mass is 10.0. The van der Waals surface area contributed by atoms with E-state index < -0.39 is 12.1 Å². The molecule has 2 heterocycles. The Balaban J connectivity index is 1.93. The maximum atomic E-state index is 12.8. The third-order valence-electron chi connectivity index (χ3n) is 4.53. The van der Waals surface area contributed by atoms with Gasteiger partial charge in [0.05, 0.1) is 32.9 Å². The number of nitrogens with one attached hydrogen (secondary N) is 1. The van der Waals surface area contributed by atoms with Gasteiger partial charge in [0.1, 0.15) is 10.8 Å². The van der Waals surface area contributed by atoms with Crippen LogP contribution in [0.3, 0.4) is 0 Å². The molecule has 3 rings (SSSR count). The minimum Gasteiger partial charge on any atom is -0.497 e. The Morgan fingerprint density at radius 3 is 2.72 bits per heavy atom. The van der Waals surface area contributed by atoms with Crippen LogP contribution in [-0.2, 0) is 22.4 Å². The molecule has 154 valence electrons. The van der Waals surface area contributed by atoms with Crippen LogP contribution in [0.25, 0.3) is 0 Å². The van der Waals surface area contributed by atoms with Gasteiger partial charge in [-0.15, -0.1) is 11.3 Å². The normalized spacial score (nSPS) is 12.7. The first-order chi connectivity index (χ1) is 14.0. The van der Waals surface area contributed by atoms with Crippen LogP contribution in [0.1, 0.15) is 38.1 Å². The first kappa shape index (κ1) is 20.7. The van der Waals surface area contributed by atoms with Crippen LogP contribution < -0.4 is 10.1 Å². The summed E-state index contributed by atoms with van der Waals surface area (Å²) in [5.74, 6) is -0.294. The maximum absolute atomic E-state index is 12.8. The van der Waals surface area contributed by atoms with Gasteiger partial charge in [0, 0.05) is 17.0 Å². The lowest BCUT2D eigenvalue weighted by Crippen LogP contribution is -2.35. The molecule has 1 aromatic carbocycles. The molecule has 2 amide bonds. The molecule has 9 heteroatoms. The number of methoxy groups -OCH3 is 2.